The fourth-order valence-corrected chi connectivity index (χ4v) is 2.85. The Morgan fingerprint density at radius 2 is 2.17 bits per heavy atom. The summed E-state index contributed by atoms with van der Waals surface area (Å²) in [6.45, 7) is 4.50. The van der Waals surface area contributed by atoms with Crippen molar-refractivity contribution < 1.29 is 5.11 Å². The number of nitrogens with zero attached hydrogens (tertiary/aromatic N) is 1. The molecule has 1 aromatic rings. The average Bonchev–Trinajstić information content (AvgIpc) is 2.38. The first-order valence-electron chi connectivity index (χ1n) is 6.56. The summed E-state index contributed by atoms with van der Waals surface area (Å²) in [7, 11) is 0. The van der Waals surface area contributed by atoms with Gasteiger partial charge in [0.15, 0.2) is 0 Å². The van der Waals surface area contributed by atoms with Crippen molar-refractivity contribution in [1.82, 2.24) is 4.98 Å². The Morgan fingerprint density at radius 1 is 1.50 bits per heavy atom. The molecule has 1 fully saturated rings. The normalized spacial score (nSPS) is 28.1. The maximum Gasteiger partial charge on any atom is 0.141 e. The second-order valence-electron chi connectivity index (χ2n) is 5.54. The van der Waals surface area contributed by atoms with E-state index in [1.54, 1.807) is 6.20 Å². The molecule has 0 saturated heterocycles. The lowest BCUT2D eigenvalue weighted by Gasteiger charge is -2.39. The predicted molar refractivity (Wildman–Crippen MR) is 77.7 cm³/mol. The van der Waals surface area contributed by atoms with Crippen LogP contribution in [0.2, 0.25) is 0 Å². The monoisotopic (exact) mass is 312 g/mol. The fourth-order valence-electron chi connectivity index (χ4n) is 2.52. The van der Waals surface area contributed by atoms with Crippen molar-refractivity contribution in [2.75, 3.05) is 11.9 Å². The van der Waals surface area contributed by atoms with Gasteiger partial charge in [0.1, 0.15) is 5.82 Å². The molecule has 0 radical (unpaired) electrons. The molecular formula is C14H21BrN2O. The van der Waals surface area contributed by atoms with Gasteiger partial charge in [-0.3, -0.25) is 0 Å². The molecule has 1 heterocycles. The van der Waals surface area contributed by atoms with Crippen LogP contribution in [0.5, 0.6) is 0 Å². The molecule has 0 spiro atoms. The number of aliphatic hydroxyl groups is 1. The van der Waals surface area contributed by atoms with E-state index in [-0.39, 0.29) is 12.1 Å². The van der Waals surface area contributed by atoms with Crippen LogP contribution in [0, 0.1) is 12.8 Å². The molecule has 18 heavy (non-hydrogen) atoms. The number of aromatic nitrogens is 1. The molecule has 0 atom stereocenters. The van der Waals surface area contributed by atoms with Crippen LogP contribution in [0.3, 0.4) is 0 Å². The van der Waals surface area contributed by atoms with Crippen molar-refractivity contribution in [1.29, 1.82) is 0 Å². The van der Waals surface area contributed by atoms with Crippen LogP contribution in [0.4, 0.5) is 5.82 Å². The van der Waals surface area contributed by atoms with Gasteiger partial charge in [-0.2, -0.15) is 0 Å². The summed E-state index contributed by atoms with van der Waals surface area (Å²) >= 11 is 3.57. The van der Waals surface area contributed by atoms with Crippen molar-refractivity contribution in [2.24, 2.45) is 5.92 Å². The van der Waals surface area contributed by atoms with Crippen LogP contribution < -0.4 is 5.32 Å². The third-order valence-corrected chi connectivity index (χ3v) is 5.00. The summed E-state index contributed by atoms with van der Waals surface area (Å²) < 4.78 is 0.997. The summed E-state index contributed by atoms with van der Waals surface area (Å²) in [6.07, 6.45) is 6.15. The van der Waals surface area contributed by atoms with Crippen LogP contribution in [0.25, 0.3) is 0 Å². The van der Waals surface area contributed by atoms with Crippen LogP contribution in [-0.4, -0.2) is 22.2 Å². The first-order valence-corrected chi connectivity index (χ1v) is 7.36. The minimum absolute atomic E-state index is 0.168. The van der Waals surface area contributed by atoms with Gasteiger partial charge in [0.25, 0.3) is 0 Å². The summed E-state index contributed by atoms with van der Waals surface area (Å²) in [5.74, 6) is 1.61. The van der Waals surface area contributed by atoms with Gasteiger partial charge in [0.05, 0.1) is 16.6 Å². The minimum atomic E-state index is -0.199. The minimum Gasteiger partial charge on any atom is -0.394 e. The Bertz CT molecular complexity index is 414. The van der Waals surface area contributed by atoms with Crippen LogP contribution in [0.1, 0.15) is 38.2 Å². The molecular weight excluding hydrogens is 292 g/mol. The van der Waals surface area contributed by atoms with Gasteiger partial charge >= 0.3 is 0 Å². The van der Waals surface area contributed by atoms with Crippen LogP contribution in [-0.2, 0) is 0 Å². The van der Waals surface area contributed by atoms with Crippen molar-refractivity contribution >= 4 is 21.7 Å². The number of aryl methyl sites for hydroxylation is 1. The third kappa shape index (κ3) is 2.86. The van der Waals surface area contributed by atoms with Gasteiger partial charge < -0.3 is 10.4 Å². The van der Waals surface area contributed by atoms with Gasteiger partial charge in [0, 0.05) is 6.20 Å². The molecule has 0 amide bonds. The van der Waals surface area contributed by atoms with Gasteiger partial charge in [0.2, 0.25) is 0 Å². The SMILES string of the molecule is Cc1ccnc(NC2(CO)CCC(C)CC2)c1Br. The van der Waals surface area contributed by atoms with Crippen molar-refractivity contribution in [2.45, 2.75) is 45.1 Å². The zero-order chi connectivity index (χ0) is 13.2. The van der Waals surface area contributed by atoms with E-state index in [9.17, 15) is 5.11 Å². The highest BCUT2D eigenvalue weighted by atomic mass is 79.9. The third-order valence-electron chi connectivity index (χ3n) is 4.00. The van der Waals surface area contributed by atoms with Crippen LogP contribution >= 0.6 is 15.9 Å². The predicted octanol–water partition coefficient (Wildman–Crippen LogP) is 3.51. The Hall–Kier alpha value is -0.610. The Labute approximate surface area is 117 Å². The lowest BCUT2D eigenvalue weighted by Crippen LogP contribution is -2.45. The molecule has 0 bridgehead atoms. The lowest BCUT2D eigenvalue weighted by atomic mass is 9.77. The van der Waals surface area contributed by atoms with Gasteiger partial charge in [-0.05, 0) is 66.1 Å². The summed E-state index contributed by atoms with van der Waals surface area (Å²) in [5, 5.41) is 13.2. The molecule has 3 nitrogen and oxygen atoms in total. The van der Waals surface area contributed by atoms with Gasteiger partial charge in [-0.15, -0.1) is 0 Å². The van der Waals surface area contributed by atoms with Crippen molar-refractivity contribution in [3.63, 3.8) is 0 Å². The van der Waals surface area contributed by atoms with Crippen molar-refractivity contribution in [3.8, 4) is 0 Å². The molecule has 1 aliphatic carbocycles. The number of aliphatic hydroxyl groups excluding tert-OH is 1. The average molecular weight is 313 g/mol. The molecule has 4 heteroatoms. The fraction of sp³-hybridized carbons (Fsp3) is 0.643. The highest BCUT2D eigenvalue weighted by Gasteiger charge is 2.34. The highest BCUT2D eigenvalue weighted by molar-refractivity contribution is 9.10. The second-order valence-corrected chi connectivity index (χ2v) is 6.33. The number of nitrogens with one attached hydrogen (secondary N) is 1. The molecule has 0 unspecified atom stereocenters. The van der Waals surface area contributed by atoms with E-state index in [2.05, 4.69) is 33.2 Å². The molecule has 1 saturated carbocycles. The second kappa shape index (κ2) is 5.57. The van der Waals surface area contributed by atoms with E-state index >= 15 is 0 Å². The van der Waals surface area contributed by atoms with Gasteiger partial charge in [-0.25, -0.2) is 4.98 Å². The standard InChI is InChI=1S/C14H21BrN2O/c1-10-3-6-14(9-18,7-4-10)17-13-12(15)11(2)5-8-16-13/h5,8,10,18H,3-4,6-7,9H2,1-2H3,(H,16,17). The Kier molecular flexibility index (Phi) is 4.28. The largest absolute Gasteiger partial charge is 0.394 e. The highest BCUT2D eigenvalue weighted by Crippen LogP contribution is 2.36. The molecule has 1 aliphatic rings. The molecule has 2 rings (SSSR count). The summed E-state index contributed by atoms with van der Waals surface area (Å²) in [5.41, 5.74) is 0.959. The van der Waals surface area contributed by atoms with E-state index in [4.69, 9.17) is 0 Å². The molecule has 0 aromatic carbocycles. The van der Waals surface area contributed by atoms with E-state index in [0.717, 1.165) is 47.5 Å². The first kappa shape index (κ1) is 13.8. The number of rotatable bonds is 3. The smallest absolute Gasteiger partial charge is 0.141 e. The zero-order valence-corrected chi connectivity index (χ0v) is 12.6. The van der Waals surface area contributed by atoms with Gasteiger partial charge in [-0.1, -0.05) is 6.92 Å². The van der Waals surface area contributed by atoms with E-state index in [1.807, 2.05) is 13.0 Å². The number of halogens is 1. The molecule has 1 aromatic heterocycles. The maximum absolute atomic E-state index is 9.74. The van der Waals surface area contributed by atoms with Crippen molar-refractivity contribution in [3.05, 3.63) is 22.3 Å². The maximum atomic E-state index is 9.74. The first-order chi connectivity index (χ1) is 8.56. The molecule has 2 N–H and O–H groups in total. The lowest BCUT2D eigenvalue weighted by molar-refractivity contribution is 0.155. The number of hydrogen-bond donors (Lipinski definition) is 2. The summed E-state index contributed by atoms with van der Waals surface area (Å²) in [4.78, 5) is 4.38. The van der Waals surface area contributed by atoms with E-state index in [0.29, 0.717) is 0 Å². The van der Waals surface area contributed by atoms with E-state index in [1.165, 1.54) is 0 Å². The Morgan fingerprint density at radius 3 is 2.78 bits per heavy atom. The topological polar surface area (TPSA) is 45.2 Å². The van der Waals surface area contributed by atoms with E-state index < -0.39 is 0 Å². The number of anilines is 1. The summed E-state index contributed by atoms with van der Waals surface area (Å²) in [6, 6.07) is 1.98. The number of hydrogen-bond acceptors (Lipinski definition) is 3. The molecule has 100 valence electrons. The zero-order valence-electron chi connectivity index (χ0n) is 11.0. The molecule has 0 aliphatic heterocycles. The quantitative estimate of drug-likeness (QED) is 0.897. The Balaban J connectivity index is 2.17. The van der Waals surface area contributed by atoms with Crippen LogP contribution in [0.15, 0.2) is 16.7 Å². The number of pyridine rings is 1.